The van der Waals surface area contributed by atoms with Crippen molar-refractivity contribution in [3.05, 3.63) is 71.1 Å². The number of rotatable bonds is 5. The van der Waals surface area contributed by atoms with Crippen molar-refractivity contribution < 1.29 is 9.90 Å². The Kier molecular flexibility index (Phi) is 5.03. The predicted molar refractivity (Wildman–Crippen MR) is 92.8 cm³/mol. The van der Waals surface area contributed by atoms with Gasteiger partial charge in [0.15, 0.2) is 0 Å². The molecule has 0 aliphatic rings. The molecule has 2 heterocycles. The summed E-state index contributed by atoms with van der Waals surface area (Å²) in [4.78, 5) is 22.8. The molecule has 0 aliphatic carbocycles. The van der Waals surface area contributed by atoms with Crippen molar-refractivity contribution in [2.45, 2.75) is 6.54 Å². The summed E-state index contributed by atoms with van der Waals surface area (Å²) in [6, 6.07) is 12.6. The number of amides is 1. The molecule has 1 N–H and O–H groups in total. The zero-order valence-corrected chi connectivity index (χ0v) is 13.6. The van der Waals surface area contributed by atoms with E-state index in [1.54, 1.807) is 35.5 Å². The average molecular weight is 342 g/mol. The molecule has 0 atom stereocenters. The predicted octanol–water partition coefficient (Wildman–Crippen LogP) is 2.92. The first-order valence-electron chi connectivity index (χ1n) is 7.53. The smallest absolute Gasteiger partial charge is 0.272 e. The third kappa shape index (κ3) is 3.69. The minimum atomic E-state index is -0.241. The second-order valence-electron chi connectivity index (χ2n) is 5.35. The van der Waals surface area contributed by atoms with Gasteiger partial charge in [-0.05, 0) is 29.8 Å². The number of aromatic nitrogens is 2. The topological polar surface area (TPSA) is 66.3 Å². The summed E-state index contributed by atoms with van der Waals surface area (Å²) < 4.78 is 0. The first kappa shape index (κ1) is 16.4. The molecule has 0 bridgehead atoms. The Labute approximate surface area is 144 Å². The highest BCUT2D eigenvalue weighted by Crippen LogP contribution is 2.19. The van der Waals surface area contributed by atoms with Gasteiger partial charge in [-0.15, -0.1) is 0 Å². The number of fused-ring (bicyclic) bond motifs is 1. The van der Waals surface area contributed by atoms with Crippen LogP contribution < -0.4 is 0 Å². The van der Waals surface area contributed by atoms with Crippen LogP contribution in [0.1, 0.15) is 16.1 Å². The van der Waals surface area contributed by atoms with E-state index in [-0.39, 0.29) is 19.1 Å². The largest absolute Gasteiger partial charge is 0.395 e. The van der Waals surface area contributed by atoms with Crippen LogP contribution in [-0.4, -0.2) is 39.0 Å². The van der Waals surface area contributed by atoms with Crippen molar-refractivity contribution in [3.8, 4) is 0 Å². The van der Waals surface area contributed by atoms with Crippen LogP contribution in [0.5, 0.6) is 0 Å². The van der Waals surface area contributed by atoms with Gasteiger partial charge in [0, 0.05) is 35.9 Å². The number of hydrogen-bond donors (Lipinski definition) is 1. The highest BCUT2D eigenvalue weighted by molar-refractivity contribution is 6.31. The number of carbonyl (C=O) groups is 1. The molecule has 3 rings (SSSR count). The second-order valence-corrected chi connectivity index (χ2v) is 5.78. The standard InChI is InChI=1S/C18H16ClN3O2/c19-15-5-3-14-4-6-16(21-17(14)10-15)18(24)22(8-9-23)12-13-2-1-7-20-11-13/h1-7,10-11,23H,8-9,12H2. The van der Waals surface area contributed by atoms with Gasteiger partial charge in [0.2, 0.25) is 0 Å². The summed E-state index contributed by atoms with van der Waals surface area (Å²) in [5.41, 5.74) is 1.88. The lowest BCUT2D eigenvalue weighted by atomic mass is 10.2. The molecule has 1 aromatic carbocycles. The number of benzene rings is 1. The van der Waals surface area contributed by atoms with Gasteiger partial charge in [-0.25, -0.2) is 4.98 Å². The van der Waals surface area contributed by atoms with Crippen molar-refractivity contribution in [2.24, 2.45) is 0 Å². The molecule has 2 aromatic heterocycles. The van der Waals surface area contributed by atoms with E-state index in [2.05, 4.69) is 9.97 Å². The van der Waals surface area contributed by atoms with Crippen LogP contribution in [0.4, 0.5) is 0 Å². The third-order valence-corrected chi connectivity index (χ3v) is 3.86. The van der Waals surface area contributed by atoms with Gasteiger partial charge < -0.3 is 10.0 Å². The summed E-state index contributed by atoms with van der Waals surface area (Å²) in [5.74, 6) is -0.241. The molecule has 3 aromatic rings. The highest BCUT2D eigenvalue weighted by atomic mass is 35.5. The molecule has 0 unspecified atom stereocenters. The van der Waals surface area contributed by atoms with Gasteiger partial charge in [0.1, 0.15) is 5.69 Å². The van der Waals surface area contributed by atoms with Crippen molar-refractivity contribution in [1.29, 1.82) is 0 Å². The highest BCUT2D eigenvalue weighted by Gasteiger charge is 2.17. The first-order valence-corrected chi connectivity index (χ1v) is 7.90. The lowest BCUT2D eigenvalue weighted by Gasteiger charge is -2.21. The van der Waals surface area contributed by atoms with Crippen LogP contribution in [0.2, 0.25) is 5.02 Å². The summed E-state index contributed by atoms with van der Waals surface area (Å²) in [7, 11) is 0. The zero-order chi connectivity index (χ0) is 16.9. The molecule has 0 saturated heterocycles. The van der Waals surface area contributed by atoms with E-state index < -0.39 is 0 Å². The Balaban J connectivity index is 1.89. The summed E-state index contributed by atoms with van der Waals surface area (Å²) >= 11 is 5.99. The molecule has 122 valence electrons. The fourth-order valence-corrected chi connectivity index (χ4v) is 2.62. The average Bonchev–Trinajstić information content (AvgIpc) is 2.61. The zero-order valence-electron chi connectivity index (χ0n) is 12.9. The minimum absolute atomic E-state index is 0.120. The molecular weight excluding hydrogens is 326 g/mol. The summed E-state index contributed by atoms with van der Waals surface area (Å²) in [5, 5.41) is 10.8. The summed E-state index contributed by atoms with van der Waals surface area (Å²) in [6.07, 6.45) is 3.38. The number of carbonyl (C=O) groups excluding carboxylic acids is 1. The molecule has 0 fully saturated rings. The van der Waals surface area contributed by atoms with Gasteiger partial charge in [0.05, 0.1) is 12.1 Å². The van der Waals surface area contributed by atoms with Crippen LogP contribution in [0.15, 0.2) is 54.9 Å². The quantitative estimate of drug-likeness (QED) is 0.775. The molecule has 1 amide bonds. The van der Waals surface area contributed by atoms with Gasteiger partial charge in [-0.2, -0.15) is 0 Å². The Hall–Kier alpha value is -2.50. The van der Waals surface area contributed by atoms with E-state index in [1.807, 2.05) is 24.3 Å². The number of hydrogen-bond acceptors (Lipinski definition) is 4. The van der Waals surface area contributed by atoms with Crippen molar-refractivity contribution in [2.75, 3.05) is 13.2 Å². The molecule has 6 heteroatoms. The fraction of sp³-hybridized carbons (Fsp3) is 0.167. The van der Waals surface area contributed by atoms with Gasteiger partial charge in [-0.3, -0.25) is 9.78 Å². The number of pyridine rings is 2. The van der Waals surface area contributed by atoms with Crippen LogP contribution in [0.25, 0.3) is 10.9 Å². The van der Waals surface area contributed by atoms with Gasteiger partial charge in [0.25, 0.3) is 5.91 Å². The molecular formula is C18H16ClN3O2. The summed E-state index contributed by atoms with van der Waals surface area (Å²) in [6.45, 7) is 0.469. The minimum Gasteiger partial charge on any atom is -0.395 e. The lowest BCUT2D eigenvalue weighted by molar-refractivity contribution is 0.0702. The maximum absolute atomic E-state index is 12.8. The number of aliphatic hydroxyl groups excluding tert-OH is 1. The second kappa shape index (κ2) is 7.38. The van der Waals surface area contributed by atoms with E-state index >= 15 is 0 Å². The third-order valence-electron chi connectivity index (χ3n) is 3.63. The maximum Gasteiger partial charge on any atom is 0.272 e. The fourth-order valence-electron chi connectivity index (χ4n) is 2.46. The first-order chi connectivity index (χ1) is 11.7. The molecule has 24 heavy (non-hydrogen) atoms. The van der Waals surface area contributed by atoms with Crippen LogP contribution in [0, 0.1) is 0 Å². The Morgan fingerprint density at radius 1 is 1.21 bits per heavy atom. The van der Waals surface area contributed by atoms with Crippen molar-refractivity contribution in [3.63, 3.8) is 0 Å². The molecule has 5 nitrogen and oxygen atoms in total. The van der Waals surface area contributed by atoms with Crippen molar-refractivity contribution in [1.82, 2.24) is 14.9 Å². The Morgan fingerprint density at radius 2 is 2.04 bits per heavy atom. The van der Waals surface area contributed by atoms with E-state index in [4.69, 9.17) is 11.6 Å². The van der Waals surface area contributed by atoms with E-state index in [9.17, 15) is 9.90 Å². The Morgan fingerprint density at radius 3 is 2.79 bits per heavy atom. The maximum atomic E-state index is 12.8. The normalized spacial score (nSPS) is 10.8. The van der Waals surface area contributed by atoms with Crippen LogP contribution >= 0.6 is 11.6 Å². The van der Waals surface area contributed by atoms with E-state index in [0.717, 1.165) is 10.9 Å². The molecule has 0 aliphatic heterocycles. The number of nitrogens with zero attached hydrogens (tertiary/aromatic N) is 3. The van der Waals surface area contributed by atoms with Gasteiger partial charge >= 0.3 is 0 Å². The van der Waals surface area contributed by atoms with Crippen LogP contribution in [-0.2, 0) is 6.54 Å². The number of aliphatic hydroxyl groups is 1. The van der Waals surface area contributed by atoms with E-state index in [1.165, 1.54) is 0 Å². The molecule has 0 saturated carbocycles. The number of halogens is 1. The SMILES string of the molecule is O=C(c1ccc2ccc(Cl)cc2n1)N(CCO)Cc1cccnc1. The molecule has 0 radical (unpaired) electrons. The van der Waals surface area contributed by atoms with E-state index in [0.29, 0.717) is 22.8 Å². The van der Waals surface area contributed by atoms with Crippen molar-refractivity contribution >= 4 is 28.4 Å². The van der Waals surface area contributed by atoms with Crippen LogP contribution in [0.3, 0.4) is 0 Å². The molecule has 0 spiro atoms. The lowest BCUT2D eigenvalue weighted by Crippen LogP contribution is -2.33. The monoisotopic (exact) mass is 341 g/mol. The van der Waals surface area contributed by atoms with Gasteiger partial charge in [-0.1, -0.05) is 29.8 Å². The Bertz CT molecular complexity index is 855.